The number of hydrogen-bond donors (Lipinski definition) is 2. The van der Waals surface area contributed by atoms with E-state index in [9.17, 15) is 4.79 Å². The molecule has 1 aromatic rings. The molecule has 4 heteroatoms. The number of hydrogen-bond acceptors (Lipinski definition) is 3. The molecule has 134 valence electrons. The van der Waals surface area contributed by atoms with E-state index in [0.29, 0.717) is 6.54 Å². The molecule has 24 heavy (non-hydrogen) atoms. The van der Waals surface area contributed by atoms with Crippen LogP contribution in [0.5, 0.6) is 0 Å². The molecule has 1 fully saturated rings. The van der Waals surface area contributed by atoms with E-state index in [4.69, 9.17) is 5.73 Å². The minimum Gasteiger partial charge on any atom is -0.351 e. The van der Waals surface area contributed by atoms with Crippen molar-refractivity contribution in [1.82, 2.24) is 10.2 Å². The predicted molar refractivity (Wildman–Crippen MR) is 99.5 cm³/mol. The molecule has 0 spiro atoms. The topological polar surface area (TPSA) is 58.4 Å². The van der Waals surface area contributed by atoms with Gasteiger partial charge in [-0.05, 0) is 42.5 Å². The lowest BCUT2D eigenvalue weighted by atomic mass is 9.87. The minimum absolute atomic E-state index is 0.0829. The van der Waals surface area contributed by atoms with Crippen LogP contribution >= 0.6 is 0 Å². The van der Waals surface area contributed by atoms with Gasteiger partial charge in [0.25, 0.3) is 0 Å². The molecule has 1 saturated heterocycles. The number of nitrogens with two attached hydrogens (primary N) is 1. The van der Waals surface area contributed by atoms with Crippen LogP contribution in [0.2, 0.25) is 0 Å². The number of carbonyl (C=O) groups excluding carboxylic acids is 1. The monoisotopic (exact) mass is 331 g/mol. The van der Waals surface area contributed by atoms with E-state index in [1.165, 1.54) is 44.3 Å². The summed E-state index contributed by atoms with van der Waals surface area (Å²) in [6, 6.07) is 8.04. The van der Waals surface area contributed by atoms with Crippen molar-refractivity contribution >= 4 is 5.91 Å². The lowest BCUT2D eigenvalue weighted by molar-refractivity contribution is -0.124. The summed E-state index contributed by atoms with van der Waals surface area (Å²) < 4.78 is 0. The number of carbonyl (C=O) groups is 1. The van der Waals surface area contributed by atoms with E-state index in [0.717, 1.165) is 12.1 Å². The molecule has 0 unspecified atom stereocenters. The van der Waals surface area contributed by atoms with Gasteiger partial charge in [-0.3, -0.25) is 9.69 Å². The van der Waals surface area contributed by atoms with Crippen LogP contribution in [-0.4, -0.2) is 29.9 Å². The van der Waals surface area contributed by atoms with Crippen LogP contribution in [0.25, 0.3) is 0 Å². The zero-order valence-electron chi connectivity index (χ0n) is 15.5. The molecule has 0 saturated carbocycles. The molecule has 0 radical (unpaired) electrons. The van der Waals surface area contributed by atoms with Crippen LogP contribution in [-0.2, 0) is 17.9 Å². The normalized spacial score (nSPS) is 18.0. The van der Waals surface area contributed by atoms with Crippen molar-refractivity contribution in [3.8, 4) is 0 Å². The molecule has 3 N–H and O–H groups in total. The SMILES string of the molecule is CC(C)(C)[C@H](N)C(=O)NCc1cccc(CN2CCCCCC2)c1. The maximum absolute atomic E-state index is 12.2. The summed E-state index contributed by atoms with van der Waals surface area (Å²) >= 11 is 0. The molecule has 0 bridgehead atoms. The van der Waals surface area contributed by atoms with Crippen molar-refractivity contribution in [2.75, 3.05) is 13.1 Å². The first-order chi connectivity index (χ1) is 11.4. The zero-order valence-corrected chi connectivity index (χ0v) is 15.5. The van der Waals surface area contributed by atoms with Crippen molar-refractivity contribution in [3.63, 3.8) is 0 Å². The van der Waals surface area contributed by atoms with E-state index in [1.807, 2.05) is 20.8 Å². The molecule has 1 amide bonds. The smallest absolute Gasteiger partial charge is 0.237 e. The lowest BCUT2D eigenvalue weighted by Crippen LogP contribution is -2.48. The number of nitrogens with zero attached hydrogens (tertiary/aromatic N) is 1. The Labute approximate surface area is 146 Å². The second-order valence-corrected chi connectivity index (χ2v) is 8.07. The first kappa shape index (κ1) is 18.9. The number of likely N-dealkylation sites (tertiary alicyclic amines) is 1. The van der Waals surface area contributed by atoms with Gasteiger partial charge >= 0.3 is 0 Å². The summed E-state index contributed by atoms with van der Waals surface area (Å²) in [7, 11) is 0. The quantitative estimate of drug-likeness (QED) is 0.872. The summed E-state index contributed by atoms with van der Waals surface area (Å²) in [4.78, 5) is 14.7. The molecule has 0 aromatic heterocycles. The van der Waals surface area contributed by atoms with Crippen molar-refractivity contribution in [2.24, 2.45) is 11.1 Å². The van der Waals surface area contributed by atoms with Gasteiger partial charge in [-0.1, -0.05) is 57.9 Å². The maximum atomic E-state index is 12.2. The molecule has 1 heterocycles. The Balaban J connectivity index is 1.89. The standard InChI is InChI=1S/C20H33N3O/c1-20(2,3)18(21)19(24)22-14-16-9-8-10-17(13-16)15-23-11-6-4-5-7-12-23/h8-10,13,18H,4-7,11-12,14-15,21H2,1-3H3,(H,22,24)/t18-/m1/s1. The highest BCUT2D eigenvalue weighted by Gasteiger charge is 2.27. The van der Waals surface area contributed by atoms with Gasteiger partial charge in [0.2, 0.25) is 5.91 Å². The van der Waals surface area contributed by atoms with Gasteiger partial charge in [-0.15, -0.1) is 0 Å². The molecular weight excluding hydrogens is 298 g/mol. The van der Waals surface area contributed by atoms with Crippen molar-refractivity contribution < 1.29 is 4.79 Å². The summed E-state index contributed by atoms with van der Waals surface area (Å²) in [5.41, 5.74) is 8.24. The maximum Gasteiger partial charge on any atom is 0.237 e. The largest absolute Gasteiger partial charge is 0.351 e. The first-order valence-corrected chi connectivity index (χ1v) is 9.20. The molecule has 4 nitrogen and oxygen atoms in total. The van der Waals surface area contributed by atoms with Crippen LogP contribution in [0.1, 0.15) is 57.6 Å². The van der Waals surface area contributed by atoms with E-state index < -0.39 is 6.04 Å². The van der Waals surface area contributed by atoms with E-state index in [1.54, 1.807) is 0 Å². The highest BCUT2D eigenvalue weighted by atomic mass is 16.2. The van der Waals surface area contributed by atoms with Gasteiger partial charge in [0.15, 0.2) is 0 Å². The van der Waals surface area contributed by atoms with Gasteiger partial charge in [0.05, 0.1) is 6.04 Å². The molecular formula is C20H33N3O. The Morgan fingerprint density at radius 2 is 1.79 bits per heavy atom. The van der Waals surface area contributed by atoms with Gasteiger partial charge < -0.3 is 11.1 Å². The van der Waals surface area contributed by atoms with Crippen LogP contribution in [0.4, 0.5) is 0 Å². The Morgan fingerprint density at radius 3 is 2.42 bits per heavy atom. The summed E-state index contributed by atoms with van der Waals surface area (Å²) in [6.45, 7) is 9.89. The number of rotatable bonds is 5. The van der Waals surface area contributed by atoms with Gasteiger partial charge in [-0.25, -0.2) is 0 Å². The predicted octanol–water partition coefficient (Wildman–Crippen LogP) is 3.05. The second-order valence-electron chi connectivity index (χ2n) is 8.07. The van der Waals surface area contributed by atoms with E-state index in [-0.39, 0.29) is 11.3 Å². The molecule has 1 aliphatic rings. The number of benzene rings is 1. The zero-order chi connectivity index (χ0) is 17.6. The fraction of sp³-hybridized carbons (Fsp3) is 0.650. The second kappa shape index (κ2) is 8.63. The summed E-state index contributed by atoms with van der Waals surface area (Å²) in [5, 5.41) is 2.97. The molecule has 1 atom stereocenters. The fourth-order valence-electron chi connectivity index (χ4n) is 3.08. The molecule has 0 aliphatic carbocycles. The van der Waals surface area contributed by atoms with Crippen LogP contribution < -0.4 is 11.1 Å². The third kappa shape index (κ3) is 5.91. The average Bonchev–Trinajstić information content (AvgIpc) is 2.80. The Morgan fingerprint density at radius 1 is 1.17 bits per heavy atom. The Hall–Kier alpha value is -1.39. The Bertz CT molecular complexity index is 528. The lowest BCUT2D eigenvalue weighted by Gasteiger charge is -2.26. The average molecular weight is 332 g/mol. The van der Waals surface area contributed by atoms with Crippen molar-refractivity contribution in [1.29, 1.82) is 0 Å². The number of nitrogens with one attached hydrogen (secondary N) is 1. The minimum atomic E-state index is -0.488. The third-order valence-electron chi connectivity index (χ3n) is 4.78. The van der Waals surface area contributed by atoms with Crippen LogP contribution in [0.15, 0.2) is 24.3 Å². The highest BCUT2D eigenvalue weighted by Crippen LogP contribution is 2.18. The van der Waals surface area contributed by atoms with Crippen molar-refractivity contribution in [3.05, 3.63) is 35.4 Å². The van der Waals surface area contributed by atoms with Crippen LogP contribution in [0, 0.1) is 5.41 Å². The van der Waals surface area contributed by atoms with Crippen molar-refractivity contribution in [2.45, 2.75) is 65.6 Å². The van der Waals surface area contributed by atoms with Gasteiger partial charge in [0.1, 0.15) is 0 Å². The Kier molecular flexibility index (Phi) is 6.81. The molecule has 1 aromatic carbocycles. The first-order valence-electron chi connectivity index (χ1n) is 9.20. The molecule has 2 rings (SSSR count). The molecule has 1 aliphatic heterocycles. The van der Waals surface area contributed by atoms with E-state index >= 15 is 0 Å². The van der Waals surface area contributed by atoms with Gasteiger partial charge in [0, 0.05) is 13.1 Å². The summed E-state index contributed by atoms with van der Waals surface area (Å²) in [6.07, 6.45) is 5.33. The van der Waals surface area contributed by atoms with E-state index in [2.05, 4.69) is 34.5 Å². The van der Waals surface area contributed by atoms with Crippen LogP contribution in [0.3, 0.4) is 0 Å². The summed E-state index contributed by atoms with van der Waals surface area (Å²) in [5.74, 6) is -0.0829. The third-order valence-corrected chi connectivity index (χ3v) is 4.78. The fourth-order valence-corrected chi connectivity index (χ4v) is 3.08. The highest BCUT2D eigenvalue weighted by molar-refractivity contribution is 5.82. The number of amides is 1. The van der Waals surface area contributed by atoms with Gasteiger partial charge in [-0.2, -0.15) is 0 Å².